The number of rotatable bonds is 5. The second kappa shape index (κ2) is 7.06. The summed E-state index contributed by atoms with van der Waals surface area (Å²) in [5.41, 5.74) is 9.03. The predicted molar refractivity (Wildman–Crippen MR) is 82.2 cm³/mol. The smallest absolute Gasteiger partial charge is 0.0424 e. The van der Waals surface area contributed by atoms with E-state index < -0.39 is 0 Å². The fourth-order valence-corrected chi connectivity index (χ4v) is 3.03. The summed E-state index contributed by atoms with van der Waals surface area (Å²) in [6, 6.07) is 8.97. The van der Waals surface area contributed by atoms with Crippen LogP contribution in [0.2, 0.25) is 0 Å². The summed E-state index contributed by atoms with van der Waals surface area (Å²) in [5, 5.41) is 0. The van der Waals surface area contributed by atoms with Crippen LogP contribution in [0, 0.1) is 5.92 Å². The molecule has 1 aliphatic heterocycles. The van der Waals surface area contributed by atoms with Gasteiger partial charge in [-0.05, 0) is 42.9 Å². The maximum Gasteiger partial charge on any atom is 0.0424 e. The van der Waals surface area contributed by atoms with E-state index in [1.54, 1.807) is 0 Å². The molecule has 2 atom stereocenters. The summed E-state index contributed by atoms with van der Waals surface area (Å²) in [5.74, 6) is 0.878. The molecule has 0 radical (unpaired) electrons. The average molecular weight is 260 g/mol. The van der Waals surface area contributed by atoms with E-state index in [0.29, 0.717) is 0 Å². The number of nitrogens with zero attached hydrogens (tertiary/aromatic N) is 1. The van der Waals surface area contributed by atoms with Gasteiger partial charge in [0.25, 0.3) is 0 Å². The highest BCUT2D eigenvalue weighted by atomic mass is 15.1. The summed E-state index contributed by atoms with van der Waals surface area (Å²) in [6.07, 6.45) is 5.13. The number of aryl methyl sites for hydroxylation is 1. The highest BCUT2D eigenvalue weighted by Crippen LogP contribution is 2.21. The number of likely N-dealkylation sites (tertiary alicyclic amines) is 1. The minimum atomic E-state index is 0.154. The van der Waals surface area contributed by atoms with Crippen LogP contribution in [0.15, 0.2) is 24.3 Å². The van der Waals surface area contributed by atoms with Crippen LogP contribution in [0.5, 0.6) is 0 Å². The topological polar surface area (TPSA) is 29.3 Å². The van der Waals surface area contributed by atoms with Crippen LogP contribution < -0.4 is 5.73 Å². The standard InChI is InChI=1S/C17H28N2/c1-3-14-7-9-16(10-8-14)17(18)13-19-11-5-6-15(4-2)12-19/h7-10,15,17H,3-6,11-13,18H2,1-2H3. The molecule has 1 aromatic rings. The molecule has 2 N–H and O–H groups in total. The van der Waals surface area contributed by atoms with Crippen LogP contribution in [0.1, 0.15) is 50.3 Å². The molecule has 0 bridgehead atoms. The quantitative estimate of drug-likeness (QED) is 0.879. The zero-order valence-corrected chi connectivity index (χ0v) is 12.4. The molecule has 2 nitrogen and oxygen atoms in total. The van der Waals surface area contributed by atoms with Crippen molar-refractivity contribution in [1.29, 1.82) is 0 Å². The average Bonchev–Trinajstić information content (AvgIpc) is 2.47. The third-order valence-electron chi connectivity index (χ3n) is 4.45. The maximum atomic E-state index is 6.36. The van der Waals surface area contributed by atoms with Crippen LogP contribution in [0.3, 0.4) is 0 Å². The Morgan fingerprint density at radius 3 is 2.63 bits per heavy atom. The first-order chi connectivity index (χ1) is 9.22. The SMILES string of the molecule is CCc1ccc(C(N)CN2CCCC(CC)C2)cc1. The van der Waals surface area contributed by atoms with Crippen molar-refractivity contribution >= 4 is 0 Å². The van der Waals surface area contributed by atoms with E-state index in [-0.39, 0.29) is 6.04 Å². The van der Waals surface area contributed by atoms with Gasteiger partial charge in [-0.3, -0.25) is 0 Å². The molecule has 1 aliphatic rings. The van der Waals surface area contributed by atoms with Gasteiger partial charge in [-0.1, -0.05) is 44.5 Å². The maximum absolute atomic E-state index is 6.36. The predicted octanol–water partition coefficient (Wildman–Crippen LogP) is 3.37. The minimum Gasteiger partial charge on any atom is -0.323 e. The number of benzene rings is 1. The summed E-state index contributed by atoms with van der Waals surface area (Å²) in [7, 11) is 0. The lowest BCUT2D eigenvalue weighted by molar-refractivity contribution is 0.163. The molecule has 0 spiro atoms. The van der Waals surface area contributed by atoms with E-state index >= 15 is 0 Å². The third kappa shape index (κ3) is 4.05. The fourth-order valence-electron chi connectivity index (χ4n) is 3.03. The summed E-state index contributed by atoms with van der Waals surface area (Å²) >= 11 is 0. The second-order valence-electron chi connectivity index (χ2n) is 5.88. The molecular formula is C17H28N2. The molecular weight excluding hydrogens is 232 g/mol. The molecule has 0 aliphatic carbocycles. The molecule has 1 heterocycles. The van der Waals surface area contributed by atoms with E-state index in [0.717, 1.165) is 18.9 Å². The zero-order chi connectivity index (χ0) is 13.7. The monoisotopic (exact) mass is 260 g/mol. The van der Waals surface area contributed by atoms with Crippen LogP contribution in [0.4, 0.5) is 0 Å². The highest BCUT2D eigenvalue weighted by molar-refractivity contribution is 5.25. The van der Waals surface area contributed by atoms with Gasteiger partial charge in [0, 0.05) is 19.1 Å². The first-order valence-electron chi connectivity index (χ1n) is 7.79. The van der Waals surface area contributed by atoms with Crippen molar-refractivity contribution < 1.29 is 0 Å². The van der Waals surface area contributed by atoms with Crippen LogP contribution in [-0.4, -0.2) is 24.5 Å². The minimum absolute atomic E-state index is 0.154. The van der Waals surface area contributed by atoms with Crippen LogP contribution in [-0.2, 0) is 6.42 Å². The first kappa shape index (κ1) is 14.5. The van der Waals surface area contributed by atoms with Gasteiger partial charge in [-0.2, -0.15) is 0 Å². The molecule has 2 rings (SSSR count). The largest absolute Gasteiger partial charge is 0.323 e. The molecule has 2 heteroatoms. The van der Waals surface area contributed by atoms with Gasteiger partial charge in [0.2, 0.25) is 0 Å². The van der Waals surface area contributed by atoms with Gasteiger partial charge in [0.05, 0.1) is 0 Å². The molecule has 1 aromatic carbocycles. The zero-order valence-electron chi connectivity index (χ0n) is 12.4. The Morgan fingerprint density at radius 2 is 2.00 bits per heavy atom. The number of hydrogen-bond acceptors (Lipinski definition) is 2. The second-order valence-corrected chi connectivity index (χ2v) is 5.88. The molecule has 19 heavy (non-hydrogen) atoms. The lowest BCUT2D eigenvalue weighted by Gasteiger charge is -2.33. The van der Waals surface area contributed by atoms with E-state index in [4.69, 9.17) is 5.73 Å². The van der Waals surface area contributed by atoms with Crippen molar-refractivity contribution in [3.8, 4) is 0 Å². The highest BCUT2D eigenvalue weighted by Gasteiger charge is 2.20. The van der Waals surface area contributed by atoms with Gasteiger partial charge in [-0.15, -0.1) is 0 Å². The van der Waals surface area contributed by atoms with Crippen molar-refractivity contribution in [1.82, 2.24) is 4.90 Å². The Bertz CT molecular complexity index is 371. The molecule has 0 saturated carbocycles. The summed E-state index contributed by atoms with van der Waals surface area (Å²) in [6.45, 7) is 7.95. The normalized spacial score (nSPS) is 22.4. The Hall–Kier alpha value is -0.860. The van der Waals surface area contributed by atoms with Crippen LogP contribution in [0.25, 0.3) is 0 Å². The van der Waals surface area contributed by atoms with Gasteiger partial charge in [0.15, 0.2) is 0 Å². The Labute approximate surface area is 118 Å². The Balaban J connectivity index is 1.90. The van der Waals surface area contributed by atoms with Crippen molar-refractivity contribution in [3.63, 3.8) is 0 Å². The van der Waals surface area contributed by atoms with E-state index in [9.17, 15) is 0 Å². The lowest BCUT2D eigenvalue weighted by Crippen LogP contribution is -2.39. The van der Waals surface area contributed by atoms with Crippen molar-refractivity contribution in [2.24, 2.45) is 11.7 Å². The fraction of sp³-hybridized carbons (Fsp3) is 0.647. The molecule has 2 unspecified atom stereocenters. The third-order valence-corrected chi connectivity index (χ3v) is 4.45. The van der Waals surface area contributed by atoms with E-state index in [1.807, 2.05) is 0 Å². The molecule has 106 valence electrons. The lowest BCUT2D eigenvalue weighted by atomic mass is 9.95. The molecule has 0 aromatic heterocycles. The van der Waals surface area contributed by atoms with Crippen molar-refractivity contribution in [2.45, 2.75) is 45.6 Å². The van der Waals surface area contributed by atoms with Crippen LogP contribution >= 0.6 is 0 Å². The van der Waals surface area contributed by atoms with Gasteiger partial charge < -0.3 is 10.6 Å². The molecule has 1 fully saturated rings. The number of nitrogens with two attached hydrogens (primary N) is 1. The van der Waals surface area contributed by atoms with E-state index in [1.165, 1.54) is 43.5 Å². The molecule has 1 saturated heterocycles. The Kier molecular flexibility index (Phi) is 5.41. The molecule has 0 amide bonds. The van der Waals surface area contributed by atoms with Gasteiger partial charge in [-0.25, -0.2) is 0 Å². The Morgan fingerprint density at radius 1 is 1.26 bits per heavy atom. The summed E-state index contributed by atoms with van der Waals surface area (Å²) in [4.78, 5) is 2.55. The van der Waals surface area contributed by atoms with Gasteiger partial charge >= 0.3 is 0 Å². The first-order valence-corrected chi connectivity index (χ1v) is 7.79. The van der Waals surface area contributed by atoms with Crippen molar-refractivity contribution in [3.05, 3.63) is 35.4 Å². The van der Waals surface area contributed by atoms with Gasteiger partial charge in [0.1, 0.15) is 0 Å². The number of piperidine rings is 1. The van der Waals surface area contributed by atoms with E-state index in [2.05, 4.69) is 43.0 Å². The summed E-state index contributed by atoms with van der Waals surface area (Å²) < 4.78 is 0. The number of hydrogen-bond donors (Lipinski definition) is 1. The van der Waals surface area contributed by atoms with Crippen molar-refractivity contribution in [2.75, 3.05) is 19.6 Å².